The molecule has 0 bridgehead atoms. The molecule has 24 heavy (non-hydrogen) atoms. The molecule has 0 N–H and O–H groups in total. The summed E-state index contributed by atoms with van der Waals surface area (Å²) in [4.78, 5) is 7.12. The number of nitrogens with zero attached hydrogens (tertiary/aromatic N) is 3. The Bertz CT molecular complexity index is 215. The van der Waals surface area contributed by atoms with E-state index in [0.29, 0.717) is 0 Å². The van der Waals surface area contributed by atoms with Crippen LogP contribution in [0.25, 0.3) is 0 Å². The van der Waals surface area contributed by atoms with Gasteiger partial charge in [0.05, 0.1) is 6.61 Å². The number of hydrogen-bond acceptors (Lipinski definition) is 5. The van der Waals surface area contributed by atoms with Gasteiger partial charge in [-0.25, -0.2) is 0 Å². The fourth-order valence-corrected chi connectivity index (χ4v) is 3.95. The van der Waals surface area contributed by atoms with E-state index in [1.54, 1.807) is 0 Å². The highest BCUT2D eigenvalue weighted by Crippen LogP contribution is 2.07. The summed E-state index contributed by atoms with van der Waals surface area (Å²) in [6.07, 6.45) is 8.29. The summed E-state index contributed by atoms with van der Waals surface area (Å²) < 4.78 is 5.22. The van der Waals surface area contributed by atoms with E-state index in [9.17, 15) is 0 Å². The van der Waals surface area contributed by atoms with Crippen LogP contribution in [0.3, 0.4) is 0 Å². The van der Waals surface area contributed by atoms with E-state index in [1.807, 2.05) is 0 Å². The first kappa shape index (κ1) is 22.2. The molecule has 3 aliphatic heterocycles. The molecule has 3 fully saturated rings. The molecule has 3 aliphatic rings. The maximum atomic E-state index is 5.22. The second-order valence-corrected chi connectivity index (χ2v) is 8.48. The Morgan fingerprint density at radius 1 is 0.542 bits per heavy atom. The average molecular weight is 360 g/mol. The molecular weight excluding hydrogens is 318 g/mol. The fraction of sp³-hybridized carbons (Fsp3) is 1.00. The van der Waals surface area contributed by atoms with E-state index in [2.05, 4.69) is 47.6 Å². The van der Waals surface area contributed by atoms with Gasteiger partial charge in [0.1, 0.15) is 0 Å². The van der Waals surface area contributed by atoms with Crippen molar-refractivity contribution in [3.63, 3.8) is 0 Å². The van der Waals surface area contributed by atoms with Crippen molar-refractivity contribution >= 4 is 11.8 Å². The maximum absolute atomic E-state index is 5.22. The molecular formula is C19H41N3OS. The van der Waals surface area contributed by atoms with Gasteiger partial charge in [-0.3, -0.25) is 0 Å². The van der Waals surface area contributed by atoms with Crippen LogP contribution in [0, 0.1) is 0 Å². The lowest BCUT2D eigenvalue weighted by molar-refractivity contribution is 0.144. The number of rotatable bonds is 0. The van der Waals surface area contributed by atoms with Crippen LogP contribution in [-0.2, 0) is 4.74 Å². The predicted molar refractivity (Wildman–Crippen MR) is 108 cm³/mol. The van der Waals surface area contributed by atoms with Gasteiger partial charge in [-0.05, 0) is 72.2 Å². The molecule has 0 aromatic heterocycles. The van der Waals surface area contributed by atoms with Gasteiger partial charge in [-0.2, -0.15) is 11.8 Å². The SMILES string of the molecule is CN1CCCCCC1.CN1CCCOCC1.CN1CCCSCC1. The third-order valence-electron chi connectivity index (χ3n) is 4.72. The molecule has 3 heterocycles. The summed E-state index contributed by atoms with van der Waals surface area (Å²) in [7, 11) is 6.55. The van der Waals surface area contributed by atoms with E-state index in [-0.39, 0.29) is 0 Å². The van der Waals surface area contributed by atoms with Gasteiger partial charge < -0.3 is 19.4 Å². The lowest BCUT2D eigenvalue weighted by Gasteiger charge is -2.10. The monoisotopic (exact) mass is 359 g/mol. The van der Waals surface area contributed by atoms with Crippen LogP contribution in [0.2, 0.25) is 0 Å². The number of likely N-dealkylation sites (N-methyl/N-ethyl adjacent to an activating group) is 1. The lowest BCUT2D eigenvalue weighted by atomic mass is 10.2. The summed E-state index contributed by atoms with van der Waals surface area (Å²) in [5.41, 5.74) is 0. The molecule has 3 saturated heterocycles. The third kappa shape index (κ3) is 13.5. The van der Waals surface area contributed by atoms with Gasteiger partial charge in [0.15, 0.2) is 0 Å². The average Bonchev–Trinajstić information content (AvgIpc) is 3.05. The van der Waals surface area contributed by atoms with Crippen molar-refractivity contribution < 1.29 is 4.74 Å². The van der Waals surface area contributed by atoms with Crippen molar-refractivity contribution in [1.29, 1.82) is 0 Å². The van der Waals surface area contributed by atoms with Gasteiger partial charge in [-0.15, -0.1) is 0 Å². The molecule has 0 amide bonds. The van der Waals surface area contributed by atoms with Gasteiger partial charge in [0, 0.05) is 32.0 Å². The quantitative estimate of drug-likeness (QED) is 0.660. The zero-order chi connectivity index (χ0) is 17.5. The first-order valence-corrected chi connectivity index (χ1v) is 11.0. The van der Waals surface area contributed by atoms with Crippen molar-refractivity contribution in [1.82, 2.24) is 14.7 Å². The summed E-state index contributed by atoms with van der Waals surface area (Å²) >= 11 is 2.08. The summed E-state index contributed by atoms with van der Waals surface area (Å²) in [6, 6.07) is 0. The number of ether oxygens (including phenoxy) is 1. The van der Waals surface area contributed by atoms with Crippen LogP contribution in [0.1, 0.15) is 38.5 Å². The third-order valence-corrected chi connectivity index (χ3v) is 5.77. The Morgan fingerprint density at radius 2 is 1.12 bits per heavy atom. The van der Waals surface area contributed by atoms with E-state index in [1.165, 1.54) is 82.8 Å². The molecule has 0 saturated carbocycles. The molecule has 3 rings (SSSR count). The number of hydrogen-bond donors (Lipinski definition) is 0. The standard InChI is InChI=1S/C7H15N.C6H13NO.C6H13NS/c1-8-6-4-2-3-5-7-8;2*1-7-3-2-5-8-6-4-7/h2-7H2,1H3;2*2-6H2,1H3. The zero-order valence-corrected chi connectivity index (χ0v) is 17.3. The minimum atomic E-state index is 0.913. The Morgan fingerprint density at radius 3 is 1.88 bits per heavy atom. The highest BCUT2D eigenvalue weighted by atomic mass is 32.2. The topological polar surface area (TPSA) is 19.0 Å². The van der Waals surface area contributed by atoms with Crippen molar-refractivity contribution in [2.75, 3.05) is 85.1 Å². The molecule has 0 aliphatic carbocycles. The maximum Gasteiger partial charge on any atom is 0.0593 e. The van der Waals surface area contributed by atoms with Gasteiger partial charge in [0.2, 0.25) is 0 Å². The smallest absolute Gasteiger partial charge is 0.0593 e. The van der Waals surface area contributed by atoms with Crippen molar-refractivity contribution in [3.8, 4) is 0 Å². The van der Waals surface area contributed by atoms with Crippen molar-refractivity contribution in [2.45, 2.75) is 38.5 Å². The Balaban J connectivity index is 0.000000180. The molecule has 0 unspecified atom stereocenters. The van der Waals surface area contributed by atoms with Gasteiger partial charge >= 0.3 is 0 Å². The molecule has 5 heteroatoms. The van der Waals surface area contributed by atoms with Gasteiger partial charge in [0.25, 0.3) is 0 Å². The fourth-order valence-electron chi connectivity index (χ4n) is 2.97. The number of likely N-dealkylation sites (tertiary alicyclic amines) is 1. The van der Waals surface area contributed by atoms with E-state index < -0.39 is 0 Å². The highest BCUT2D eigenvalue weighted by molar-refractivity contribution is 7.99. The zero-order valence-electron chi connectivity index (χ0n) is 16.5. The van der Waals surface area contributed by atoms with Crippen molar-refractivity contribution in [3.05, 3.63) is 0 Å². The van der Waals surface area contributed by atoms with E-state index in [4.69, 9.17) is 4.74 Å². The molecule has 0 atom stereocenters. The van der Waals surface area contributed by atoms with Crippen LogP contribution in [-0.4, -0.2) is 99.8 Å². The van der Waals surface area contributed by atoms with Crippen LogP contribution < -0.4 is 0 Å². The van der Waals surface area contributed by atoms with E-state index >= 15 is 0 Å². The normalized spacial score (nSPS) is 25.1. The molecule has 0 aromatic carbocycles. The van der Waals surface area contributed by atoms with E-state index in [0.717, 1.165) is 19.8 Å². The molecule has 0 spiro atoms. The Kier molecular flexibility index (Phi) is 14.3. The molecule has 0 aromatic rings. The largest absolute Gasteiger partial charge is 0.380 e. The lowest BCUT2D eigenvalue weighted by Crippen LogP contribution is -2.20. The minimum Gasteiger partial charge on any atom is -0.380 e. The van der Waals surface area contributed by atoms with Crippen LogP contribution >= 0.6 is 11.8 Å². The Hall–Kier alpha value is 0.190. The van der Waals surface area contributed by atoms with Crippen LogP contribution in [0.15, 0.2) is 0 Å². The van der Waals surface area contributed by atoms with Crippen LogP contribution in [0.4, 0.5) is 0 Å². The molecule has 0 radical (unpaired) electrons. The molecule has 4 nitrogen and oxygen atoms in total. The van der Waals surface area contributed by atoms with Crippen molar-refractivity contribution in [2.24, 2.45) is 0 Å². The minimum absolute atomic E-state index is 0.913. The first-order chi connectivity index (χ1) is 11.7. The summed E-state index contributed by atoms with van der Waals surface area (Å²) in [5.74, 6) is 2.70. The summed E-state index contributed by atoms with van der Waals surface area (Å²) in [5, 5.41) is 0. The molecule has 144 valence electrons. The Labute approximate surface area is 155 Å². The highest BCUT2D eigenvalue weighted by Gasteiger charge is 2.03. The van der Waals surface area contributed by atoms with Crippen LogP contribution in [0.5, 0.6) is 0 Å². The summed E-state index contributed by atoms with van der Waals surface area (Å²) in [6.45, 7) is 9.37. The predicted octanol–water partition coefficient (Wildman–Crippen LogP) is 2.89. The first-order valence-electron chi connectivity index (χ1n) is 9.89. The second kappa shape index (κ2) is 15.4. The second-order valence-electron chi connectivity index (χ2n) is 7.26. The van der Waals surface area contributed by atoms with Gasteiger partial charge in [-0.1, -0.05) is 12.8 Å². The number of thioether (sulfide) groups is 1.